The van der Waals surface area contributed by atoms with Crippen LogP contribution in [-0.2, 0) is 6.42 Å². The summed E-state index contributed by atoms with van der Waals surface area (Å²) >= 11 is 4.26. The quantitative estimate of drug-likeness (QED) is 0.287. The Balaban J connectivity index is 1.90. The first-order chi connectivity index (χ1) is 14.2. The van der Waals surface area contributed by atoms with Gasteiger partial charge in [-0.1, -0.05) is 65.1 Å². The van der Waals surface area contributed by atoms with Crippen LogP contribution in [0.3, 0.4) is 0 Å². The van der Waals surface area contributed by atoms with Crippen LogP contribution in [0.5, 0.6) is 0 Å². The molecule has 4 nitrogen and oxygen atoms in total. The molecule has 0 bridgehead atoms. The van der Waals surface area contributed by atoms with Crippen molar-refractivity contribution in [2.45, 2.75) is 24.2 Å². The van der Waals surface area contributed by atoms with Gasteiger partial charge in [0.15, 0.2) is 0 Å². The lowest BCUT2D eigenvalue weighted by atomic mass is 10.2. The number of anilines is 2. The normalized spacial score (nSPS) is 12.1. The number of nitrogens with one attached hydrogen (secondary N) is 1. The summed E-state index contributed by atoms with van der Waals surface area (Å²) in [5, 5.41) is 3.11. The Hall–Kier alpha value is -1.80. The van der Waals surface area contributed by atoms with E-state index >= 15 is 0 Å². The summed E-state index contributed by atoms with van der Waals surface area (Å²) < 4.78 is 1.16. The molecule has 29 heavy (non-hydrogen) atoms. The molecule has 0 radical (unpaired) electrons. The number of halogens is 1. The van der Waals surface area contributed by atoms with E-state index in [1.807, 2.05) is 72.6 Å². The number of alkyl halides is 1. The second kappa shape index (κ2) is 11.4. The number of aromatic nitrogens is 1. The highest BCUT2D eigenvalue weighted by Gasteiger charge is 2.23. The van der Waals surface area contributed by atoms with E-state index in [-0.39, 0.29) is 5.91 Å². The van der Waals surface area contributed by atoms with Crippen LogP contribution in [0.25, 0.3) is 0 Å². The topological polar surface area (TPSA) is 45.2 Å². The first kappa shape index (κ1) is 21.9. The van der Waals surface area contributed by atoms with Crippen molar-refractivity contribution in [2.75, 3.05) is 34.0 Å². The summed E-state index contributed by atoms with van der Waals surface area (Å²) in [7, 11) is 2.11. The SMILES string of the molecule is CN(CCCCI)c1c(NC(=O)c2ccccccccc2)cnc2c1SCC2. The number of thioether (sulfide) groups is 1. The van der Waals surface area contributed by atoms with Crippen LogP contribution >= 0.6 is 34.4 Å². The van der Waals surface area contributed by atoms with Gasteiger partial charge < -0.3 is 10.2 Å². The lowest BCUT2D eigenvalue weighted by Gasteiger charge is -2.25. The van der Waals surface area contributed by atoms with E-state index in [2.05, 4.69) is 44.8 Å². The second-order valence-corrected chi connectivity index (χ2v) is 8.99. The number of amides is 1. The Morgan fingerprint density at radius 2 is 1.83 bits per heavy atom. The highest BCUT2D eigenvalue weighted by atomic mass is 127. The maximum atomic E-state index is 13.0. The standard InChI is InChI=1S/C23H26IN3OS/c1-27(15-10-9-14-24)21-20(17-25-19-13-16-29-22(19)21)26-23(28)18-11-7-5-3-2-4-6-8-12-18/h2-8,11-12,17H,9-10,13-16H2,1H3,(H,26,28). The van der Waals surface area contributed by atoms with Gasteiger partial charge in [0.25, 0.3) is 5.91 Å². The van der Waals surface area contributed by atoms with Crippen molar-refractivity contribution >= 4 is 51.6 Å². The number of hydrogen-bond donors (Lipinski definition) is 1. The van der Waals surface area contributed by atoms with Crippen LogP contribution in [0.15, 0.2) is 65.7 Å². The van der Waals surface area contributed by atoms with Gasteiger partial charge in [-0.3, -0.25) is 9.78 Å². The van der Waals surface area contributed by atoms with Crippen molar-refractivity contribution in [1.82, 2.24) is 4.98 Å². The fourth-order valence-corrected chi connectivity index (χ4v) is 4.93. The average molecular weight is 519 g/mol. The van der Waals surface area contributed by atoms with Crippen molar-refractivity contribution in [3.8, 4) is 0 Å². The summed E-state index contributed by atoms with van der Waals surface area (Å²) in [5.41, 5.74) is 3.63. The van der Waals surface area contributed by atoms with Crippen LogP contribution in [0.1, 0.15) is 28.9 Å². The maximum absolute atomic E-state index is 13.0. The predicted molar refractivity (Wildman–Crippen MR) is 132 cm³/mol. The van der Waals surface area contributed by atoms with E-state index in [0.29, 0.717) is 5.56 Å². The van der Waals surface area contributed by atoms with Crippen LogP contribution in [0.2, 0.25) is 0 Å². The van der Waals surface area contributed by atoms with Crippen molar-refractivity contribution in [2.24, 2.45) is 0 Å². The molecule has 2 aromatic rings. The number of unbranched alkanes of at least 4 members (excludes halogenated alkanes) is 1. The van der Waals surface area contributed by atoms with Gasteiger partial charge in [-0.2, -0.15) is 0 Å². The number of aryl methyl sites for hydroxylation is 1. The van der Waals surface area contributed by atoms with Crippen molar-refractivity contribution < 1.29 is 4.79 Å². The van der Waals surface area contributed by atoms with Gasteiger partial charge in [-0.15, -0.1) is 11.8 Å². The molecule has 3 rings (SSSR count). The lowest BCUT2D eigenvalue weighted by Crippen LogP contribution is -2.23. The van der Waals surface area contributed by atoms with E-state index in [4.69, 9.17) is 0 Å². The largest absolute Gasteiger partial charge is 0.372 e. The molecule has 1 aliphatic rings. The van der Waals surface area contributed by atoms with Crippen molar-refractivity contribution in [3.63, 3.8) is 0 Å². The summed E-state index contributed by atoms with van der Waals surface area (Å²) in [5.74, 6) is 0.919. The van der Waals surface area contributed by atoms with Gasteiger partial charge in [0.05, 0.1) is 28.2 Å². The molecule has 0 saturated heterocycles. The van der Waals surface area contributed by atoms with Gasteiger partial charge >= 0.3 is 0 Å². The fraction of sp³-hybridized carbons (Fsp3) is 0.304. The molecular formula is C23H26IN3OS. The molecule has 0 fully saturated rings. The lowest BCUT2D eigenvalue weighted by molar-refractivity contribution is 0.102. The van der Waals surface area contributed by atoms with Crippen LogP contribution < -0.4 is 10.2 Å². The monoisotopic (exact) mass is 519 g/mol. The first-order valence-electron chi connectivity index (χ1n) is 9.82. The average Bonchev–Trinajstić information content (AvgIpc) is 3.20. The molecular weight excluding hydrogens is 493 g/mol. The van der Waals surface area contributed by atoms with Crippen molar-refractivity contribution in [1.29, 1.82) is 0 Å². The zero-order chi connectivity index (χ0) is 20.5. The van der Waals surface area contributed by atoms with Crippen LogP contribution in [-0.4, -0.2) is 34.7 Å². The summed E-state index contributed by atoms with van der Waals surface area (Å²) in [4.78, 5) is 21.1. The Kier molecular flexibility index (Phi) is 8.61. The fourth-order valence-electron chi connectivity index (χ4n) is 3.17. The van der Waals surface area contributed by atoms with Crippen molar-refractivity contribution in [3.05, 3.63) is 72.1 Å². The minimum absolute atomic E-state index is 0.129. The number of hydrogen-bond acceptors (Lipinski definition) is 4. The molecule has 1 N–H and O–H groups in total. The minimum Gasteiger partial charge on any atom is -0.372 e. The minimum atomic E-state index is -0.129. The highest BCUT2D eigenvalue weighted by molar-refractivity contribution is 14.1. The molecule has 0 unspecified atom stereocenters. The smallest absolute Gasteiger partial charge is 0.255 e. The second-order valence-electron chi connectivity index (χ2n) is 6.80. The van der Waals surface area contributed by atoms with E-state index in [1.165, 1.54) is 11.3 Å². The molecule has 1 aromatic heterocycles. The molecule has 0 aliphatic carbocycles. The summed E-state index contributed by atoms with van der Waals surface area (Å²) in [6.07, 6.45) is 5.13. The summed E-state index contributed by atoms with van der Waals surface area (Å²) in [6.45, 7) is 0.964. The number of fused-ring (bicyclic) bond motifs is 1. The van der Waals surface area contributed by atoms with Crippen LogP contribution in [0.4, 0.5) is 11.4 Å². The van der Waals surface area contributed by atoms with Gasteiger partial charge in [0.2, 0.25) is 0 Å². The van der Waals surface area contributed by atoms with Gasteiger partial charge in [0, 0.05) is 31.3 Å². The van der Waals surface area contributed by atoms with Gasteiger partial charge in [0.1, 0.15) is 0 Å². The molecule has 152 valence electrons. The Bertz CT molecular complexity index is 880. The maximum Gasteiger partial charge on any atom is 0.255 e. The van der Waals surface area contributed by atoms with Crippen LogP contribution in [0, 0.1) is 0 Å². The third-order valence-electron chi connectivity index (χ3n) is 4.65. The number of carbonyl (C=O) groups excluding carboxylic acids is 1. The zero-order valence-electron chi connectivity index (χ0n) is 16.6. The van der Waals surface area contributed by atoms with E-state index in [0.717, 1.165) is 46.6 Å². The Morgan fingerprint density at radius 1 is 1.14 bits per heavy atom. The molecule has 0 saturated carbocycles. The van der Waals surface area contributed by atoms with Gasteiger partial charge in [-0.05, 0) is 29.4 Å². The van der Waals surface area contributed by atoms with E-state index < -0.39 is 0 Å². The zero-order valence-corrected chi connectivity index (χ0v) is 19.6. The molecule has 1 aliphatic heterocycles. The van der Waals surface area contributed by atoms with Gasteiger partial charge in [-0.25, -0.2) is 0 Å². The number of rotatable bonds is 7. The number of carbonyl (C=O) groups is 1. The third kappa shape index (κ3) is 6.09. The molecule has 1 amide bonds. The van der Waals surface area contributed by atoms with E-state index in [9.17, 15) is 4.79 Å². The Morgan fingerprint density at radius 3 is 2.52 bits per heavy atom. The molecule has 0 atom stereocenters. The number of pyridine rings is 1. The third-order valence-corrected chi connectivity index (χ3v) is 6.54. The predicted octanol–water partition coefficient (Wildman–Crippen LogP) is 5.76. The summed E-state index contributed by atoms with van der Waals surface area (Å²) in [6, 6.07) is 17.1. The highest BCUT2D eigenvalue weighted by Crippen LogP contribution is 2.42. The molecule has 6 heteroatoms. The van der Waals surface area contributed by atoms with E-state index in [1.54, 1.807) is 0 Å². The Labute approximate surface area is 191 Å². The number of nitrogens with zero attached hydrogens (tertiary/aromatic N) is 2. The molecule has 2 heterocycles. The molecule has 1 aromatic carbocycles. The first-order valence-corrected chi connectivity index (χ1v) is 12.3. The molecule has 0 spiro atoms.